The van der Waals surface area contributed by atoms with Gasteiger partial charge in [-0.25, -0.2) is 0 Å². The molecule has 0 spiro atoms. The van der Waals surface area contributed by atoms with Crippen LogP contribution < -0.4 is 10.5 Å². The molecule has 0 aliphatic carbocycles. The first-order chi connectivity index (χ1) is 12.0. The number of benzene rings is 1. The lowest BCUT2D eigenvalue weighted by Crippen LogP contribution is -2.46. The summed E-state index contributed by atoms with van der Waals surface area (Å²) in [7, 11) is 0. The van der Waals surface area contributed by atoms with E-state index in [1.165, 1.54) is 0 Å². The van der Waals surface area contributed by atoms with Gasteiger partial charge in [-0.3, -0.25) is 9.69 Å². The van der Waals surface area contributed by atoms with E-state index in [2.05, 4.69) is 34.2 Å². The second kappa shape index (κ2) is 7.62. The fraction of sp³-hybridized carbons (Fsp3) is 0.471. The Labute approximate surface area is 146 Å². The van der Waals surface area contributed by atoms with Crippen molar-refractivity contribution < 1.29 is 14.3 Å². The summed E-state index contributed by atoms with van der Waals surface area (Å²) >= 11 is 0. The molecule has 1 aliphatic rings. The molecule has 2 aromatic rings. The maximum absolute atomic E-state index is 11.4. The van der Waals surface area contributed by atoms with E-state index in [1.807, 2.05) is 24.3 Å². The number of ether oxygens (including phenoxy) is 2. The van der Waals surface area contributed by atoms with E-state index in [0.717, 1.165) is 25.2 Å². The van der Waals surface area contributed by atoms with E-state index in [1.54, 1.807) is 0 Å². The molecule has 1 amide bonds. The summed E-state index contributed by atoms with van der Waals surface area (Å²) in [6.07, 6.45) is 0.484. The largest absolute Gasteiger partial charge is 0.492 e. The summed E-state index contributed by atoms with van der Waals surface area (Å²) in [5.74, 6) is 0.0934. The number of aromatic nitrogens is 3. The highest BCUT2D eigenvalue weighted by Gasteiger charge is 2.21. The summed E-state index contributed by atoms with van der Waals surface area (Å²) in [6, 6.07) is 7.39. The number of rotatable bonds is 6. The van der Waals surface area contributed by atoms with Crippen LogP contribution in [-0.2, 0) is 4.74 Å². The zero-order chi connectivity index (χ0) is 17.8. The monoisotopic (exact) mass is 345 g/mol. The van der Waals surface area contributed by atoms with Crippen molar-refractivity contribution in [2.75, 3.05) is 26.2 Å². The third kappa shape index (κ3) is 4.34. The van der Waals surface area contributed by atoms with Gasteiger partial charge in [0.1, 0.15) is 18.1 Å². The van der Waals surface area contributed by atoms with E-state index in [4.69, 9.17) is 15.2 Å². The van der Waals surface area contributed by atoms with Crippen LogP contribution in [0.5, 0.6) is 5.75 Å². The highest BCUT2D eigenvalue weighted by atomic mass is 16.5. The Morgan fingerprint density at radius 2 is 2.12 bits per heavy atom. The lowest BCUT2D eigenvalue weighted by Gasteiger charge is -2.35. The van der Waals surface area contributed by atoms with Crippen LogP contribution >= 0.6 is 0 Å². The maximum atomic E-state index is 11.4. The molecular formula is C17H23N5O3. The van der Waals surface area contributed by atoms with E-state index in [-0.39, 0.29) is 17.9 Å². The minimum atomic E-state index is -0.620. The first-order valence-electron chi connectivity index (χ1n) is 8.34. The topological polar surface area (TPSA) is 106 Å². The minimum absolute atomic E-state index is 0.119. The van der Waals surface area contributed by atoms with E-state index < -0.39 is 5.91 Å². The van der Waals surface area contributed by atoms with E-state index in [0.29, 0.717) is 18.1 Å². The van der Waals surface area contributed by atoms with Crippen LogP contribution in [0.25, 0.3) is 11.3 Å². The van der Waals surface area contributed by atoms with Crippen molar-refractivity contribution in [3.63, 3.8) is 0 Å². The Morgan fingerprint density at radius 1 is 1.36 bits per heavy atom. The Bertz CT molecular complexity index is 723. The van der Waals surface area contributed by atoms with Gasteiger partial charge in [-0.15, -0.1) is 0 Å². The zero-order valence-electron chi connectivity index (χ0n) is 14.4. The molecule has 1 fully saturated rings. The number of nitrogens with zero attached hydrogens (tertiary/aromatic N) is 3. The van der Waals surface area contributed by atoms with Gasteiger partial charge in [-0.2, -0.15) is 15.4 Å². The average molecular weight is 345 g/mol. The van der Waals surface area contributed by atoms with Crippen LogP contribution in [-0.4, -0.2) is 64.7 Å². The van der Waals surface area contributed by atoms with Crippen molar-refractivity contribution in [2.45, 2.75) is 26.1 Å². The van der Waals surface area contributed by atoms with Crippen molar-refractivity contribution in [3.8, 4) is 17.0 Å². The van der Waals surface area contributed by atoms with E-state index in [9.17, 15) is 4.79 Å². The second-order valence-electron chi connectivity index (χ2n) is 6.28. The van der Waals surface area contributed by atoms with Gasteiger partial charge < -0.3 is 15.2 Å². The van der Waals surface area contributed by atoms with Crippen LogP contribution in [0.3, 0.4) is 0 Å². The fourth-order valence-corrected chi connectivity index (χ4v) is 3.10. The molecule has 1 saturated heterocycles. The number of morpholine rings is 1. The van der Waals surface area contributed by atoms with Gasteiger partial charge >= 0.3 is 0 Å². The van der Waals surface area contributed by atoms with Gasteiger partial charge in [-0.05, 0) is 26.0 Å². The third-order valence-corrected chi connectivity index (χ3v) is 4.06. The molecule has 0 saturated carbocycles. The number of primary amides is 1. The number of carbonyl (C=O) groups is 1. The Hall–Kier alpha value is -2.45. The fourth-order valence-electron chi connectivity index (χ4n) is 3.10. The van der Waals surface area contributed by atoms with E-state index >= 15 is 0 Å². The predicted molar refractivity (Wildman–Crippen MR) is 92.3 cm³/mol. The Morgan fingerprint density at radius 3 is 2.84 bits per heavy atom. The summed E-state index contributed by atoms with van der Waals surface area (Å²) in [5.41, 5.74) is 6.59. The second-order valence-corrected chi connectivity index (χ2v) is 6.28. The molecule has 2 unspecified atom stereocenters. The molecule has 1 aromatic carbocycles. The van der Waals surface area contributed by atoms with Gasteiger partial charge in [0.25, 0.3) is 5.91 Å². The summed E-state index contributed by atoms with van der Waals surface area (Å²) in [5, 5.41) is 10.2. The molecule has 3 N–H and O–H groups in total. The molecule has 2 heterocycles. The van der Waals surface area contributed by atoms with Gasteiger partial charge in [0.2, 0.25) is 0 Å². The highest BCUT2D eigenvalue weighted by Crippen LogP contribution is 2.24. The molecule has 8 heteroatoms. The number of nitrogens with two attached hydrogens (primary N) is 1. The predicted octanol–water partition coefficient (Wildman–Crippen LogP) is 1.06. The standard InChI is InChI=1S/C17H23N5O3/c1-11-9-22(10-12(2)25-11)6-7-24-14-5-3-4-13(8-14)15-16(17(18)23)20-21-19-15/h3-5,8,11-12H,6-7,9-10H2,1-2H3,(H2,18,23)(H,19,20,21). The molecular weight excluding hydrogens is 322 g/mol. The minimum Gasteiger partial charge on any atom is -0.492 e. The lowest BCUT2D eigenvalue weighted by atomic mass is 10.1. The molecule has 25 heavy (non-hydrogen) atoms. The first kappa shape index (κ1) is 17.4. The molecule has 3 rings (SSSR count). The Balaban J connectivity index is 1.60. The zero-order valence-corrected chi connectivity index (χ0v) is 14.4. The maximum Gasteiger partial charge on any atom is 0.271 e. The molecule has 0 bridgehead atoms. The molecule has 134 valence electrons. The lowest BCUT2D eigenvalue weighted by molar-refractivity contribution is -0.0699. The molecule has 2 atom stereocenters. The molecule has 8 nitrogen and oxygen atoms in total. The number of hydrogen-bond donors (Lipinski definition) is 2. The SMILES string of the molecule is CC1CN(CCOc2cccc(-c3n[nH]nc3C(N)=O)c2)CC(C)O1. The van der Waals surface area contributed by atoms with Crippen molar-refractivity contribution in [1.82, 2.24) is 20.3 Å². The molecule has 1 aromatic heterocycles. The molecule has 0 radical (unpaired) electrons. The Kier molecular flexibility index (Phi) is 5.30. The van der Waals surface area contributed by atoms with Crippen LogP contribution in [0.4, 0.5) is 0 Å². The van der Waals surface area contributed by atoms with Crippen molar-refractivity contribution >= 4 is 5.91 Å². The third-order valence-electron chi connectivity index (χ3n) is 4.06. The van der Waals surface area contributed by atoms with Gasteiger partial charge in [-0.1, -0.05) is 12.1 Å². The van der Waals surface area contributed by atoms with Crippen molar-refractivity contribution in [2.24, 2.45) is 5.73 Å². The van der Waals surface area contributed by atoms with Crippen molar-refractivity contribution in [1.29, 1.82) is 0 Å². The number of amides is 1. The highest BCUT2D eigenvalue weighted by molar-refractivity contribution is 5.96. The summed E-state index contributed by atoms with van der Waals surface area (Å²) in [4.78, 5) is 13.7. The molecule has 1 aliphatic heterocycles. The smallest absolute Gasteiger partial charge is 0.271 e. The van der Waals surface area contributed by atoms with Gasteiger partial charge in [0, 0.05) is 25.2 Å². The van der Waals surface area contributed by atoms with Crippen molar-refractivity contribution in [3.05, 3.63) is 30.0 Å². The van der Waals surface area contributed by atoms with Crippen LogP contribution in [0.15, 0.2) is 24.3 Å². The number of carbonyl (C=O) groups excluding carboxylic acids is 1. The number of nitrogens with one attached hydrogen (secondary N) is 1. The quantitative estimate of drug-likeness (QED) is 0.811. The first-order valence-corrected chi connectivity index (χ1v) is 8.34. The normalized spacial score (nSPS) is 21.2. The van der Waals surface area contributed by atoms with Gasteiger partial charge in [0.15, 0.2) is 5.69 Å². The number of H-pyrrole nitrogens is 1. The summed E-state index contributed by atoms with van der Waals surface area (Å²) in [6.45, 7) is 7.40. The average Bonchev–Trinajstić information content (AvgIpc) is 3.04. The van der Waals surface area contributed by atoms with Crippen LogP contribution in [0.2, 0.25) is 0 Å². The van der Waals surface area contributed by atoms with Crippen LogP contribution in [0.1, 0.15) is 24.3 Å². The number of hydrogen-bond acceptors (Lipinski definition) is 6. The van der Waals surface area contributed by atoms with Gasteiger partial charge in [0.05, 0.1) is 12.2 Å². The number of aromatic amines is 1. The summed E-state index contributed by atoms with van der Waals surface area (Å²) < 4.78 is 11.6. The van der Waals surface area contributed by atoms with Crippen LogP contribution in [0, 0.1) is 0 Å².